The summed E-state index contributed by atoms with van der Waals surface area (Å²) in [6, 6.07) is 11.7. The van der Waals surface area contributed by atoms with E-state index in [1.807, 2.05) is 17.5 Å². The van der Waals surface area contributed by atoms with Gasteiger partial charge in [0.15, 0.2) is 5.76 Å². The third kappa shape index (κ3) is 6.57. The Balaban J connectivity index is 1.58. The fourth-order valence-electron chi connectivity index (χ4n) is 4.26. The summed E-state index contributed by atoms with van der Waals surface area (Å²) in [6.45, 7) is -0.240. The van der Waals surface area contributed by atoms with Gasteiger partial charge in [-0.3, -0.25) is 14.4 Å². The number of carbonyl (C=O) groups excluding carboxylic acids is 3. The Morgan fingerprint density at radius 3 is 2.49 bits per heavy atom. The monoisotopic (exact) mass is 497 g/mol. The molecule has 2 N–H and O–H groups in total. The van der Waals surface area contributed by atoms with Crippen molar-refractivity contribution >= 4 is 29.1 Å². The van der Waals surface area contributed by atoms with Gasteiger partial charge in [-0.05, 0) is 54.1 Å². The van der Waals surface area contributed by atoms with Crippen LogP contribution >= 0.6 is 11.3 Å². The van der Waals surface area contributed by atoms with Crippen molar-refractivity contribution in [2.45, 2.75) is 50.7 Å². The number of nitrogens with zero attached hydrogens (tertiary/aromatic N) is 1. The molecule has 4 rings (SSSR count). The van der Waals surface area contributed by atoms with Gasteiger partial charge in [0, 0.05) is 17.5 Å². The molecule has 1 fully saturated rings. The summed E-state index contributed by atoms with van der Waals surface area (Å²) in [6.07, 6.45) is 6.48. The summed E-state index contributed by atoms with van der Waals surface area (Å²) in [5.41, 5.74) is 0.670. The first kappa shape index (κ1) is 24.7. The maximum Gasteiger partial charge on any atom is 0.287 e. The van der Waals surface area contributed by atoms with E-state index >= 15 is 0 Å². The van der Waals surface area contributed by atoms with Gasteiger partial charge in [0.05, 0.1) is 12.8 Å². The van der Waals surface area contributed by atoms with Gasteiger partial charge in [0.1, 0.15) is 11.9 Å². The lowest BCUT2D eigenvalue weighted by molar-refractivity contribution is -0.141. The van der Waals surface area contributed by atoms with Gasteiger partial charge in [0.25, 0.3) is 5.91 Å². The molecule has 0 radical (unpaired) electrons. The van der Waals surface area contributed by atoms with Crippen molar-refractivity contribution in [3.63, 3.8) is 0 Å². The molecule has 1 atom stereocenters. The molecule has 1 aliphatic rings. The highest BCUT2D eigenvalue weighted by molar-refractivity contribution is 7.10. The summed E-state index contributed by atoms with van der Waals surface area (Å²) in [5, 5.41) is 7.56. The molecule has 0 unspecified atom stereocenters. The fourth-order valence-corrected chi connectivity index (χ4v) is 5.10. The number of rotatable bonds is 9. The van der Waals surface area contributed by atoms with Crippen molar-refractivity contribution in [3.8, 4) is 0 Å². The summed E-state index contributed by atoms with van der Waals surface area (Å²) in [5.74, 6) is -1.52. The second-order valence-electron chi connectivity index (χ2n) is 8.57. The van der Waals surface area contributed by atoms with Crippen LogP contribution in [-0.2, 0) is 16.1 Å². The first-order chi connectivity index (χ1) is 17.0. The molecular weight excluding hydrogens is 469 g/mol. The van der Waals surface area contributed by atoms with E-state index in [1.54, 1.807) is 18.2 Å². The normalized spacial score (nSPS) is 14.8. The van der Waals surface area contributed by atoms with Crippen molar-refractivity contribution in [2.75, 3.05) is 6.54 Å². The molecule has 9 heteroatoms. The summed E-state index contributed by atoms with van der Waals surface area (Å²) in [7, 11) is 0. The largest absolute Gasteiger partial charge is 0.459 e. The zero-order valence-electron chi connectivity index (χ0n) is 19.2. The lowest BCUT2D eigenvalue weighted by Crippen LogP contribution is -2.48. The van der Waals surface area contributed by atoms with Crippen LogP contribution in [0.4, 0.5) is 4.39 Å². The smallest absolute Gasteiger partial charge is 0.287 e. The van der Waals surface area contributed by atoms with Crippen molar-refractivity contribution in [1.29, 1.82) is 0 Å². The average Bonchev–Trinajstić information content (AvgIpc) is 3.59. The van der Waals surface area contributed by atoms with Gasteiger partial charge in [-0.2, -0.15) is 0 Å². The highest BCUT2D eigenvalue weighted by Crippen LogP contribution is 2.29. The topological polar surface area (TPSA) is 91.7 Å². The van der Waals surface area contributed by atoms with E-state index in [1.165, 1.54) is 40.7 Å². The highest BCUT2D eigenvalue weighted by Gasteiger charge is 2.34. The molecule has 1 aliphatic carbocycles. The van der Waals surface area contributed by atoms with E-state index in [4.69, 9.17) is 4.42 Å². The van der Waals surface area contributed by atoms with Crippen LogP contribution in [0.15, 0.2) is 64.6 Å². The van der Waals surface area contributed by atoms with Crippen LogP contribution < -0.4 is 10.6 Å². The molecular formula is C26H28FN3O4S. The Morgan fingerprint density at radius 2 is 1.83 bits per heavy atom. The van der Waals surface area contributed by atoms with Crippen LogP contribution in [0.25, 0.3) is 0 Å². The number of hydrogen-bond acceptors (Lipinski definition) is 5. The standard InChI is InChI=1S/C26H28FN3O4S/c27-19-12-10-18(11-13-19)17-30(23(31)16-28-25(32)21-8-4-14-34-21)24(22-9-5-15-35-22)26(33)29-20-6-2-1-3-7-20/h4-5,8-15,20,24H,1-3,6-7,16-17H2,(H,28,32)(H,29,33)/t24-/m0/s1. The molecule has 35 heavy (non-hydrogen) atoms. The number of hydrogen-bond donors (Lipinski definition) is 2. The maximum atomic E-state index is 13.6. The van der Waals surface area contributed by atoms with Crippen LogP contribution in [-0.4, -0.2) is 35.2 Å². The number of halogens is 1. The van der Waals surface area contributed by atoms with Gasteiger partial charge in [0.2, 0.25) is 11.8 Å². The van der Waals surface area contributed by atoms with E-state index in [-0.39, 0.29) is 36.6 Å². The predicted octanol–water partition coefficient (Wildman–Crippen LogP) is 4.43. The minimum absolute atomic E-state index is 0.0696. The first-order valence-corrected chi connectivity index (χ1v) is 12.6. The molecule has 7 nitrogen and oxygen atoms in total. The molecule has 1 aromatic carbocycles. The Bertz CT molecular complexity index is 1110. The molecule has 184 valence electrons. The van der Waals surface area contributed by atoms with Crippen LogP contribution in [0, 0.1) is 5.82 Å². The number of benzene rings is 1. The van der Waals surface area contributed by atoms with Gasteiger partial charge < -0.3 is 20.0 Å². The molecule has 3 amide bonds. The molecule has 0 saturated heterocycles. The highest BCUT2D eigenvalue weighted by atomic mass is 32.1. The lowest BCUT2D eigenvalue weighted by atomic mass is 9.95. The summed E-state index contributed by atoms with van der Waals surface area (Å²) in [4.78, 5) is 41.5. The van der Waals surface area contributed by atoms with Crippen molar-refractivity contribution in [1.82, 2.24) is 15.5 Å². The summed E-state index contributed by atoms with van der Waals surface area (Å²) < 4.78 is 18.6. The minimum Gasteiger partial charge on any atom is -0.459 e. The quantitative estimate of drug-likeness (QED) is 0.458. The van der Waals surface area contributed by atoms with E-state index < -0.39 is 17.9 Å². The lowest BCUT2D eigenvalue weighted by Gasteiger charge is -2.33. The number of nitrogens with one attached hydrogen (secondary N) is 2. The maximum absolute atomic E-state index is 13.6. The second-order valence-corrected chi connectivity index (χ2v) is 9.55. The van der Waals surface area contributed by atoms with Crippen molar-refractivity contribution in [2.24, 2.45) is 0 Å². The fraction of sp³-hybridized carbons (Fsp3) is 0.346. The summed E-state index contributed by atoms with van der Waals surface area (Å²) >= 11 is 1.39. The average molecular weight is 498 g/mol. The number of amides is 3. The van der Waals surface area contributed by atoms with Gasteiger partial charge >= 0.3 is 0 Å². The van der Waals surface area contributed by atoms with Crippen molar-refractivity contribution < 1.29 is 23.2 Å². The van der Waals surface area contributed by atoms with E-state index in [0.29, 0.717) is 10.4 Å². The number of furan rings is 1. The zero-order chi connectivity index (χ0) is 24.6. The SMILES string of the molecule is O=C(NCC(=O)N(Cc1ccc(F)cc1)[C@H](C(=O)NC1CCCCC1)c1cccs1)c1ccco1. The molecule has 2 heterocycles. The van der Waals surface area contributed by atoms with Gasteiger partial charge in [-0.25, -0.2) is 4.39 Å². The van der Waals surface area contributed by atoms with Crippen LogP contribution in [0.5, 0.6) is 0 Å². The van der Waals surface area contributed by atoms with E-state index in [9.17, 15) is 18.8 Å². The minimum atomic E-state index is -0.880. The zero-order valence-corrected chi connectivity index (χ0v) is 20.1. The Morgan fingerprint density at radius 1 is 1.06 bits per heavy atom. The molecule has 1 saturated carbocycles. The number of carbonyl (C=O) groups is 3. The van der Waals surface area contributed by atoms with E-state index in [0.717, 1.165) is 32.1 Å². The Kier molecular flexibility index (Phi) is 8.31. The Hall–Kier alpha value is -3.46. The van der Waals surface area contributed by atoms with Crippen LogP contribution in [0.3, 0.4) is 0 Å². The Labute approximate surface area is 207 Å². The van der Waals surface area contributed by atoms with Crippen molar-refractivity contribution in [3.05, 3.63) is 82.2 Å². The molecule has 3 aromatic rings. The second kappa shape index (κ2) is 11.8. The van der Waals surface area contributed by atoms with Crippen LogP contribution in [0.2, 0.25) is 0 Å². The molecule has 0 spiro atoms. The predicted molar refractivity (Wildman–Crippen MR) is 130 cm³/mol. The van der Waals surface area contributed by atoms with Gasteiger partial charge in [-0.15, -0.1) is 11.3 Å². The number of thiophene rings is 1. The third-order valence-corrected chi connectivity index (χ3v) is 6.98. The molecule has 0 aliphatic heterocycles. The van der Waals surface area contributed by atoms with E-state index in [2.05, 4.69) is 10.6 Å². The molecule has 0 bridgehead atoms. The third-order valence-electron chi connectivity index (χ3n) is 6.06. The molecule has 2 aromatic heterocycles. The first-order valence-electron chi connectivity index (χ1n) is 11.7. The van der Waals surface area contributed by atoms with Gasteiger partial charge in [-0.1, -0.05) is 37.5 Å². The van der Waals surface area contributed by atoms with Crippen LogP contribution in [0.1, 0.15) is 59.1 Å².